The molecule has 0 fully saturated rings. The second kappa shape index (κ2) is 13.2. The normalized spacial score (nSPS) is 12.5. The van der Waals surface area contributed by atoms with Gasteiger partial charge in [0.1, 0.15) is 11.8 Å². The molecular formula is C28H30Cl2N2O3. The Labute approximate surface area is 217 Å². The predicted molar refractivity (Wildman–Crippen MR) is 141 cm³/mol. The van der Waals surface area contributed by atoms with Crippen molar-refractivity contribution >= 4 is 35.0 Å². The average Bonchev–Trinajstić information content (AvgIpc) is 2.87. The van der Waals surface area contributed by atoms with Gasteiger partial charge in [0.15, 0.2) is 6.61 Å². The highest BCUT2D eigenvalue weighted by Crippen LogP contribution is 2.24. The topological polar surface area (TPSA) is 58.6 Å². The van der Waals surface area contributed by atoms with Crippen LogP contribution in [0.5, 0.6) is 5.75 Å². The first kappa shape index (κ1) is 26.6. The quantitative estimate of drug-likeness (QED) is 0.346. The van der Waals surface area contributed by atoms with Crippen molar-refractivity contribution in [2.75, 3.05) is 6.61 Å². The van der Waals surface area contributed by atoms with E-state index in [1.54, 1.807) is 35.2 Å². The lowest BCUT2D eigenvalue weighted by molar-refractivity contribution is -0.143. The summed E-state index contributed by atoms with van der Waals surface area (Å²) in [6, 6.07) is 23.2. The SMILES string of the molecule is CCC(C)NC(=O)C(Cc1ccccc1)N(Cc1ccc(Cl)c(Cl)c1)C(=O)COc1ccccc1. The van der Waals surface area contributed by atoms with Crippen LogP contribution < -0.4 is 10.1 Å². The molecule has 0 aliphatic heterocycles. The van der Waals surface area contributed by atoms with E-state index in [2.05, 4.69) is 5.32 Å². The minimum absolute atomic E-state index is 0.0247. The van der Waals surface area contributed by atoms with E-state index in [9.17, 15) is 9.59 Å². The summed E-state index contributed by atoms with van der Waals surface area (Å²) >= 11 is 12.3. The predicted octanol–water partition coefficient (Wildman–Crippen LogP) is 5.93. The van der Waals surface area contributed by atoms with Crippen LogP contribution in [0, 0.1) is 0 Å². The Morgan fingerprint density at radius 3 is 2.20 bits per heavy atom. The van der Waals surface area contributed by atoms with Crippen LogP contribution in [0.2, 0.25) is 10.0 Å². The van der Waals surface area contributed by atoms with E-state index in [1.807, 2.05) is 62.4 Å². The standard InChI is InChI=1S/C28H30Cl2N2O3/c1-3-20(2)31-28(34)26(17-21-10-6-4-7-11-21)32(18-22-14-15-24(29)25(30)16-22)27(33)19-35-23-12-8-5-9-13-23/h4-16,20,26H,3,17-19H2,1-2H3,(H,31,34). The molecule has 2 unspecified atom stereocenters. The number of hydrogen-bond donors (Lipinski definition) is 1. The first-order valence-electron chi connectivity index (χ1n) is 11.6. The van der Waals surface area contributed by atoms with E-state index in [4.69, 9.17) is 27.9 Å². The van der Waals surface area contributed by atoms with Crippen LogP contribution in [0.4, 0.5) is 0 Å². The van der Waals surface area contributed by atoms with Crippen molar-refractivity contribution in [3.8, 4) is 5.75 Å². The Bertz CT molecular complexity index is 1110. The van der Waals surface area contributed by atoms with Gasteiger partial charge in [-0.1, -0.05) is 84.7 Å². The minimum Gasteiger partial charge on any atom is -0.484 e. The first-order chi connectivity index (χ1) is 16.9. The Hall–Kier alpha value is -3.02. The number of amides is 2. The molecule has 3 aromatic rings. The van der Waals surface area contributed by atoms with Crippen LogP contribution >= 0.6 is 23.2 Å². The largest absolute Gasteiger partial charge is 0.484 e. The van der Waals surface area contributed by atoms with Gasteiger partial charge in [-0.05, 0) is 48.7 Å². The van der Waals surface area contributed by atoms with Gasteiger partial charge in [0.05, 0.1) is 10.0 Å². The van der Waals surface area contributed by atoms with Crippen molar-refractivity contribution in [2.24, 2.45) is 0 Å². The summed E-state index contributed by atoms with van der Waals surface area (Å²) in [6.45, 7) is 3.93. The second-order valence-electron chi connectivity index (χ2n) is 8.40. The summed E-state index contributed by atoms with van der Waals surface area (Å²) in [5.74, 6) is 0.0653. The van der Waals surface area contributed by atoms with E-state index < -0.39 is 6.04 Å². The van der Waals surface area contributed by atoms with Crippen LogP contribution in [0.1, 0.15) is 31.4 Å². The minimum atomic E-state index is -0.743. The summed E-state index contributed by atoms with van der Waals surface area (Å²) in [6.07, 6.45) is 1.14. The fraction of sp³-hybridized carbons (Fsp3) is 0.286. The molecule has 0 aliphatic rings. The Morgan fingerprint density at radius 2 is 1.57 bits per heavy atom. The molecule has 0 heterocycles. The third-order valence-electron chi connectivity index (χ3n) is 5.71. The summed E-state index contributed by atoms with van der Waals surface area (Å²) in [5, 5.41) is 3.86. The molecule has 0 spiro atoms. The molecular weight excluding hydrogens is 483 g/mol. The lowest BCUT2D eigenvalue weighted by Gasteiger charge is -2.32. The van der Waals surface area contributed by atoms with Gasteiger partial charge < -0.3 is 15.0 Å². The van der Waals surface area contributed by atoms with Crippen molar-refractivity contribution < 1.29 is 14.3 Å². The van der Waals surface area contributed by atoms with Crippen molar-refractivity contribution in [2.45, 2.75) is 45.3 Å². The molecule has 0 radical (unpaired) electrons. The zero-order valence-electron chi connectivity index (χ0n) is 19.9. The molecule has 7 heteroatoms. The molecule has 0 aromatic heterocycles. The molecule has 2 amide bonds. The number of para-hydroxylation sites is 1. The summed E-state index contributed by atoms with van der Waals surface area (Å²) < 4.78 is 5.74. The number of rotatable bonds is 11. The summed E-state index contributed by atoms with van der Waals surface area (Å²) in [7, 11) is 0. The number of nitrogens with one attached hydrogen (secondary N) is 1. The molecule has 2 atom stereocenters. The molecule has 0 saturated carbocycles. The molecule has 184 valence electrons. The van der Waals surface area contributed by atoms with E-state index >= 15 is 0 Å². The third kappa shape index (κ3) is 8.01. The van der Waals surface area contributed by atoms with Crippen LogP contribution in [-0.2, 0) is 22.6 Å². The van der Waals surface area contributed by atoms with Crippen molar-refractivity contribution in [3.63, 3.8) is 0 Å². The lowest BCUT2D eigenvalue weighted by Crippen LogP contribution is -2.53. The van der Waals surface area contributed by atoms with Gasteiger partial charge in [-0.2, -0.15) is 0 Å². The fourth-order valence-electron chi connectivity index (χ4n) is 3.57. The maximum Gasteiger partial charge on any atom is 0.261 e. The monoisotopic (exact) mass is 512 g/mol. The van der Waals surface area contributed by atoms with Crippen LogP contribution in [0.3, 0.4) is 0 Å². The fourth-order valence-corrected chi connectivity index (χ4v) is 3.90. The number of benzene rings is 3. The van der Waals surface area contributed by atoms with Gasteiger partial charge in [-0.25, -0.2) is 0 Å². The van der Waals surface area contributed by atoms with Gasteiger partial charge >= 0.3 is 0 Å². The van der Waals surface area contributed by atoms with E-state index in [1.165, 1.54) is 0 Å². The number of ether oxygens (including phenoxy) is 1. The van der Waals surface area contributed by atoms with Gasteiger partial charge in [0.25, 0.3) is 5.91 Å². The highest BCUT2D eigenvalue weighted by Gasteiger charge is 2.31. The lowest BCUT2D eigenvalue weighted by atomic mass is 10.0. The zero-order valence-corrected chi connectivity index (χ0v) is 21.4. The Morgan fingerprint density at radius 1 is 0.914 bits per heavy atom. The first-order valence-corrected chi connectivity index (χ1v) is 12.4. The van der Waals surface area contributed by atoms with Crippen LogP contribution in [0.25, 0.3) is 0 Å². The van der Waals surface area contributed by atoms with Gasteiger partial charge in [0, 0.05) is 19.0 Å². The summed E-state index contributed by atoms with van der Waals surface area (Å²) in [4.78, 5) is 28.5. The molecule has 3 aromatic carbocycles. The number of carbonyl (C=O) groups excluding carboxylic acids is 2. The molecule has 0 saturated heterocycles. The second-order valence-corrected chi connectivity index (χ2v) is 9.21. The smallest absolute Gasteiger partial charge is 0.261 e. The Kier molecular flexibility index (Phi) is 10.0. The van der Waals surface area contributed by atoms with Crippen molar-refractivity contribution in [3.05, 3.63) is 100 Å². The Balaban J connectivity index is 1.93. The third-order valence-corrected chi connectivity index (χ3v) is 6.45. The zero-order chi connectivity index (χ0) is 25.2. The number of carbonyl (C=O) groups is 2. The molecule has 0 aliphatic carbocycles. The maximum atomic E-state index is 13.5. The number of halogens is 2. The van der Waals surface area contributed by atoms with Gasteiger partial charge in [0.2, 0.25) is 5.91 Å². The number of hydrogen-bond acceptors (Lipinski definition) is 3. The van der Waals surface area contributed by atoms with E-state index in [0.29, 0.717) is 22.2 Å². The van der Waals surface area contributed by atoms with E-state index in [0.717, 1.165) is 17.5 Å². The molecule has 1 N–H and O–H groups in total. The van der Waals surface area contributed by atoms with E-state index in [-0.39, 0.29) is 31.0 Å². The molecule has 35 heavy (non-hydrogen) atoms. The van der Waals surface area contributed by atoms with Crippen LogP contribution in [0.15, 0.2) is 78.9 Å². The van der Waals surface area contributed by atoms with Crippen molar-refractivity contribution in [1.29, 1.82) is 0 Å². The van der Waals surface area contributed by atoms with Crippen LogP contribution in [-0.4, -0.2) is 35.4 Å². The average molecular weight is 513 g/mol. The molecule has 0 bridgehead atoms. The maximum absolute atomic E-state index is 13.5. The van der Waals surface area contributed by atoms with Gasteiger partial charge in [-0.3, -0.25) is 9.59 Å². The van der Waals surface area contributed by atoms with Crippen molar-refractivity contribution in [1.82, 2.24) is 10.2 Å². The summed E-state index contributed by atoms with van der Waals surface area (Å²) in [5.41, 5.74) is 1.72. The highest BCUT2D eigenvalue weighted by atomic mass is 35.5. The molecule has 3 rings (SSSR count). The molecule has 5 nitrogen and oxygen atoms in total. The highest BCUT2D eigenvalue weighted by molar-refractivity contribution is 6.42. The van der Waals surface area contributed by atoms with Gasteiger partial charge in [-0.15, -0.1) is 0 Å². The number of nitrogens with zero attached hydrogens (tertiary/aromatic N) is 1.